The fraction of sp³-hybridized carbons (Fsp3) is 0.545. The zero-order chi connectivity index (χ0) is 15.4. The predicted octanol–water partition coefficient (Wildman–Crippen LogP) is -0.633. The average molecular weight is 301 g/mol. The number of alkyl halides is 1. The van der Waals surface area contributed by atoms with Gasteiger partial charge in [0.2, 0.25) is 0 Å². The molecule has 0 bridgehead atoms. The van der Waals surface area contributed by atoms with Gasteiger partial charge in [0.25, 0.3) is 0 Å². The maximum absolute atomic E-state index is 14.3. The molecule has 1 fully saturated rings. The van der Waals surface area contributed by atoms with Crippen LogP contribution < -0.4 is 5.73 Å². The Hall–Kier alpha value is -1.91. The molecule has 21 heavy (non-hydrogen) atoms. The Morgan fingerprint density at radius 2 is 2.29 bits per heavy atom. The third-order valence-electron chi connectivity index (χ3n) is 3.61. The summed E-state index contributed by atoms with van der Waals surface area (Å²) in [5.74, 6) is -0.201. The molecule has 1 aliphatic heterocycles. The third-order valence-corrected chi connectivity index (χ3v) is 3.61. The molecule has 10 heteroatoms. The van der Waals surface area contributed by atoms with Gasteiger partial charge in [-0.3, -0.25) is 0 Å². The summed E-state index contributed by atoms with van der Waals surface area (Å²) in [5, 5.41) is 22.6. The molecule has 2 aromatic heterocycles. The van der Waals surface area contributed by atoms with E-state index in [1.807, 2.05) is 0 Å². The van der Waals surface area contributed by atoms with Crippen molar-refractivity contribution < 1.29 is 23.7 Å². The molecule has 3 heterocycles. The molecule has 0 aliphatic carbocycles. The van der Waals surface area contributed by atoms with Crippen LogP contribution in [0.2, 0.25) is 0 Å². The lowest BCUT2D eigenvalue weighted by Crippen LogP contribution is -2.42. The first kappa shape index (κ1) is 14.0. The van der Waals surface area contributed by atoms with Gasteiger partial charge in [0, 0.05) is 0 Å². The van der Waals surface area contributed by atoms with E-state index < -0.39 is 36.7 Å². The summed E-state index contributed by atoms with van der Waals surface area (Å²) in [6.45, 7) is 0.796. The summed E-state index contributed by atoms with van der Waals surface area (Å²) in [4.78, 5) is 7.21. The van der Waals surface area contributed by atoms with E-state index in [0.717, 1.165) is 4.52 Å². The lowest BCUT2D eigenvalue weighted by Gasteiger charge is -2.24. The number of aromatic nitrogens is 4. The summed E-state index contributed by atoms with van der Waals surface area (Å²) in [7, 11) is 0. The Morgan fingerprint density at radius 3 is 2.90 bits per heavy atom. The van der Waals surface area contributed by atoms with Crippen LogP contribution in [0.5, 0.6) is 0 Å². The largest absolute Gasteiger partial charge is 0.393 e. The number of imidazole rings is 1. The molecule has 4 N–H and O–H groups in total. The van der Waals surface area contributed by atoms with E-state index >= 15 is 0 Å². The molecule has 0 radical (unpaired) electrons. The first-order chi connectivity index (χ1) is 9.87. The Kier molecular flexibility index (Phi) is 3.04. The van der Waals surface area contributed by atoms with Crippen molar-refractivity contribution in [3.05, 3.63) is 18.0 Å². The second-order valence-electron chi connectivity index (χ2n) is 5.08. The highest BCUT2D eigenvalue weighted by Gasteiger charge is 2.53. The SMILES string of the molecule is CC1(CO)OC(c2cnc3c(N)nc(F)nn23)C(F)C1O. The molecule has 1 saturated heterocycles. The molecule has 3 rings (SSSR count). The van der Waals surface area contributed by atoms with Crippen molar-refractivity contribution in [1.29, 1.82) is 0 Å². The van der Waals surface area contributed by atoms with Gasteiger partial charge in [-0.15, -0.1) is 5.10 Å². The molecular formula is C11H13F2N5O3. The van der Waals surface area contributed by atoms with Gasteiger partial charge in [-0.25, -0.2) is 13.9 Å². The van der Waals surface area contributed by atoms with Crippen molar-refractivity contribution in [3.63, 3.8) is 0 Å². The van der Waals surface area contributed by atoms with Crippen molar-refractivity contribution in [2.45, 2.75) is 30.9 Å². The maximum Gasteiger partial charge on any atom is 0.328 e. The number of hydrogen-bond acceptors (Lipinski definition) is 7. The summed E-state index contributed by atoms with van der Waals surface area (Å²) in [6.07, 6.45) is -4.52. The minimum absolute atomic E-state index is 0.0503. The minimum atomic E-state index is -1.83. The number of nitrogens with two attached hydrogens (primary N) is 1. The first-order valence-electron chi connectivity index (χ1n) is 6.15. The number of nitrogen functional groups attached to an aromatic ring is 1. The van der Waals surface area contributed by atoms with Gasteiger partial charge < -0.3 is 20.7 Å². The number of hydrogen-bond donors (Lipinski definition) is 3. The smallest absolute Gasteiger partial charge is 0.328 e. The Morgan fingerprint density at radius 1 is 1.57 bits per heavy atom. The number of anilines is 1. The van der Waals surface area contributed by atoms with Gasteiger partial charge in [-0.1, -0.05) is 0 Å². The Labute approximate surface area is 117 Å². The second-order valence-corrected chi connectivity index (χ2v) is 5.08. The molecule has 4 atom stereocenters. The summed E-state index contributed by atoms with van der Waals surface area (Å²) >= 11 is 0. The van der Waals surface area contributed by atoms with E-state index in [1.54, 1.807) is 0 Å². The number of nitrogens with zero attached hydrogens (tertiary/aromatic N) is 4. The first-order valence-corrected chi connectivity index (χ1v) is 6.15. The van der Waals surface area contributed by atoms with E-state index in [1.165, 1.54) is 13.1 Å². The molecule has 0 saturated carbocycles. The molecule has 0 amide bonds. The van der Waals surface area contributed by atoms with E-state index in [2.05, 4.69) is 15.1 Å². The fourth-order valence-corrected chi connectivity index (χ4v) is 2.37. The number of ether oxygens (including phenoxy) is 1. The van der Waals surface area contributed by atoms with Crippen molar-refractivity contribution in [2.24, 2.45) is 0 Å². The van der Waals surface area contributed by atoms with Crippen molar-refractivity contribution in [2.75, 3.05) is 12.3 Å². The number of rotatable bonds is 2. The lowest BCUT2D eigenvalue weighted by atomic mass is 9.98. The maximum atomic E-state index is 14.3. The summed E-state index contributed by atoms with van der Waals surface area (Å²) in [6, 6.07) is 0. The molecule has 0 spiro atoms. The van der Waals surface area contributed by atoms with E-state index in [-0.39, 0.29) is 17.2 Å². The zero-order valence-electron chi connectivity index (χ0n) is 10.9. The monoisotopic (exact) mass is 301 g/mol. The lowest BCUT2D eigenvalue weighted by molar-refractivity contribution is -0.100. The number of aliphatic hydroxyl groups excluding tert-OH is 2. The van der Waals surface area contributed by atoms with Crippen molar-refractivity contribution in [3.8, 4) is 0 Å². The van der Waals surface area contributed by atoms with E-state index in [0.29, 0.717) is 0 Å². The highest BCUT2D eigenvalue weighted by Crippen LogP contribution is 2.41. The van der Waals surface area contributed by atoms with Gasteiger partial charge in [-0.2, -0.15) is 9.37 Å². The van der Waals surface area contributed by atoms with Crippen LogP contribution in [-0.4, -0.2) is 54.3 Å². The Bertz CT molecular complexity index is 696. The normalized spacial score (nSPS) is 32.9. The van der Waals surface area contributed by atoms with E-state index in [4.69, 9.17) is 10.5 Å². The fourth-order valence-electron chi connectivity index (χ4n) is 2.37. The van der Waals surface area contributed by atoms with Crippen LogP contribution in [0.3, 0.4) is 0 Å². The Balaban J connectivity index is 2.10. The predicted molar refractivity (Wildman–Crippen MR) is 65.4 cm³/mol. The van der Waals surface area contributed by atoms with Gasteiger partial charge in [-0.05, 0) is 6.92 Å². The van der Waals surface area contributed by atoms with Gasteiger partial charge >= 0.3 is 6.08 Å². The van der Waals surface area contributed by atoms with Crippen LogP contribution in [0.25, 0.3) is 5.65 Å². The van der Waals surface area contributed by atoms with Crippen LogP contribution in [0.1, 0.15) is 18.7 Å². The van der Waals surface area contributed by atoms with Crippen LogP contribution >= 0.6 is 0 Å². The third kappa shape index (κ3) is 1.94. The average Bonchev–Trinajstić information content (AvgIpc) is 2.95. The van der Waals surface area contributed by atoms with Gasteiger partial charge in [0.15, 0.2) is 17.6 Å². The van der Waals surface area contributed by atoms with Crippen LogP contribution in [0.4, 0.5) is 14.6 Å². The van der Waals surface area contributed by atoms with Crippen LogP contribution in [0.15, 0.2) is 6.20 Å². The molecule has 0 aromatic carbocycles. The number of halogens is 2. The summed E-state index contributed by atoms with van der Waals surface area (Å²) < 4.78 is 33.9. The molecule has 114 valence electrons. The molecule has 1 aliphatic rings. The number of aliphatic hydroxyl groups is 2. The summed E-state index contributed by atoms with van der Waals surface area (Å²) in [5.41, 5.74) is 4.17. The van der Waals surface area contributed by atoms with Gasteiger partial charge in [0.1, 0.15) is 17.8 Å². The molecule has 4 unspecified atom stereocenters. The van der Waals surface area contributed by atoms with Crippen molar-refractivity contribution >= 4 is 11.5 Å². The van der Waals surface area contributed by atoms with Crippen molar-refractivity contribution in [1.82, 2.24) is 19.6 Å². The molecule has 2 aromatic rings. The number of fused-ring (bicyclic) bond motifs is 1. The highest BCUT2D eigenvalue weighted by molar-refractivity contribution is 5.59. The van der Waals surface area contributed by atoms with Crippen LogP contribution in [0, 0.1) is 6.08 Å². The second kappa shape index (κ2) is 4.55. The molecular weight excluding hydrogens is 288 g/mol. The van der Waals surface area contributed by atoms with Gasteiger partial charge in [0.05, 0.1) is 18.5 Å². The standard InChI is InChI=1S/C11H13F2N5O3/c1-11(3-19)7(20)5(12)6(21-11)4-2-15-9-8(14)16-10(13)17-18(4)9/h2,5-7,19-20H,3H2,1H3,(H2,14,16,17). The topological polar surface area (TPSA) is 119 Å². The van der Waals surface area contributed by atoms with Crippen LogP contribution in [-0.2, 0) is 4.74 Å². The highest BCUT2D eigenvalue weighted by atomic mass is 19.1. The quantitative estimate of drug-likeness (QED) is 0.675. The van der Waals surface area contributed by atoms with E-state index in [9.17, 15) is 19.0 Å². The zero-order valence-corrected chi connectivity index (χ0v) is 10.9. The molecule has 8 nitrogen and oxygen atoms in total. The minimum Gasteiger partial charge on any atom is -0.393 e.